The molecule has 0 radical (unpaired) electrons. The normalized spacial score (nSPS) is 12.5. The molecule has 1 atom stereocenters. The first-order valence-corrected chi connectivity index (χ1v) is 30.4. The number of hydrogen-bond donors (Lipinski definition) is 0. The van der Waals surface area contributed by atoms with Gasteiger partial charge in [0.1, 0.15) is 13.2 Å². The van der Waals surface area contributed by atoms with Crippen molar-refractivity contribution >= 4 is 17.9 Å². The summed E-state index contributed by atoms with van der Waals surface area (Å²) in [5.74, 6) is -0.868. The zero-order valence-corrected chi connectivity index (χ0v) is 47.0. The predicted molar refractivity (Wildman–Crippen MR) is 307 cm³/mol. The Morgan fingerprint density at radius 1 is 0.296 bits per heavy atom. The molecule has 0 bridgehead atoms. The van der Waals surface area contributed by atoms with Gasteiger partial charge in [-0.05, 0) is 70.6 Å². The topological polar surface area (TPSA) is 78.9 Å². The third-order valence-corrected chi connectivity index (χ3v) is 13.2. The smallest absolute Gasteiger partial charge is 0.306 e. The lowest BCUT2D eigenvalue weighted by atomic mass is 10.0. The maximum absolute atomic E-state index is 12.7. The van der Waals surface area contributed by atoms with Crippen LogP contribution in [0.2, 0.25) is 0 Å². The van der Waals surface area contributed by atoms with E-state index < -0.39 is 6.10 Å². The summed E-state index contributed by atoms with van der Waals surface area (Å²) in [5.41, 5.74) is 0. The van der Waals surface area contributed by atoms with Gasteiger partial charge in [-0.3, -0.25) is 14.4 Å². The monoisotopic (exact) mass is 991 g/mol. The fraction of sp³-hybridized carbons (Fsp3) is 0.769. The number of esters is 3. The van der Waals surface area contributed by atoms with Gasteiger partial charge in [-0.25, -0.2) is 0 Å². The van der Waals surface area contributed by atoms with Crippen LogP contribution in [0.25, 0.3) is 0 Å². The molecule has 0 aromatic carbocycles. The summed E-state index contributed by atoms with van der Waals surface area (Å²) in [6.07, 6.45) is 76.7. The molecule has 71 heavy (non-hydrogen) atoms. The highest BCUT2D eigenvalue weighted by molar-refractivity contribution is 5.71. The molecule has 1 unspecified atom stereocenters. The highest BCUT2D eigenvalue weighted by atomic mass is 16.6. The van der Waals surface area contributed by atoms with Crippen LogP contribution in [0.5, 0.6) is 0 Å². The van der Waals surface area contributed by atoms with Crippen LogP contribution in [0.4, 0.5) is 0 Å². The Bertz CT molecular complexity index is 1320. The number of hydrogen-bond acceptors (Lipinski definition) is 6. The van der Waals surface area contributed by atoms with Crippen LogP contribution in [0.3, 0.4) is 0 Å². The Morgan fingerprint density at radius 3 is 0.859 bits per heavy atom. The molecular weight excluding hydrogens is 877 g/mol. The molecule has 6 heteroatoms. The number of ether oxygens (including phenoxy) is 3. The molecule has 0 N–H and O–H groups in total. The zero-order chi connectivity index (χ0) is 51.4. The third-order valence-electron chi connectivity index (χ3n) is 13.2. The number of allylic oxidation sites excluding steroid dienone is 12. The molecule has 0 saturated carbocycles. The van der Waals surface area contributed by atoms with E-state index in [1.807, 2.05) is 0 Å². The summed E-state index contributed by atoms with van der Waals surface area (Å²) in [4.78, 5) is 37.8. The van der Waals surface area contributed by atoms with Gasteiger partial charge in [-0.15, -0.1) is 0 Å². The highest BCUT2D eigenvalue weighted by Crippen LogP contribution is 2.17. The van der Waals surface area contributed by atoms with Gasteiger partial charge in [0.25, 0.3) is 0 Å². The average molecular weight is 992 g/mol. The third kappa shape index (κ3) is 57.6. The van der Waals surface area contributed by atoms with Crippen molar-refractivity contribution in [1.29, 1.82) is 0 Å². The van der Waals surface area contributed by atoms with Crippen LogP contribution in [0, 0.1) is 0 Å². The van der Waals surface area contributed by atoms with Crippen molar-refractivity contribution in [3.05, 3.63) is 72.9 Å². The molecule has 0 fully saturated rings. The van der Waals surface area contributed by atoms with E-state index in [1.54, 1.807) is 0 Å². The van der Waals surface area contributed by atoms with Crippen LogP contribution in [0.1, 0.15) is 303 Å². The maximum Gasteiger partial charge on any atom is 0.306 e. The van der Waals surface area contributed by atoms with Gasteiger partial charge in [-0.2, -0.15) is 0 Å². The van der Waals surface area contributed by atoms with Gasteiger partial charge >= 0.3 is 17.9 Å². The zero-order valence-electron chi connectivity index (χ0n) is 47.0. The molecule has 0 aromatic heterocycles. The summed E-state index contributed by atoms with van der Waals surface area (Å²) in [7, 11) is 0. The van der Waals surface area contributed by atoms with Crippen molar-refractivity contribution in [1.82, 2.24) is 0 Å². The Hall–Kier alpha value is -3.15. The van der Waals surface area contributed by atoms with Gasteiger partial charge in [0.05, 0.1) is 0 Å². The van der Waals surface area contributed by atoms with E-state index in [0.29, 0.717) is 19.3 Å². The molecule has 0 aliphatic carbocycles. The van der Waals surface area contributed by atoms with E-state index in [4.69, 9.17) is 14.2 Å². The molecule has 0 aliphatic rings. The predicted octanol–water partition coefficient (Wildman–Crippen LogP) is 20.5. The lowest BCUT2D eigenvalue weighted by Crippen LogP contribution is -2.30. The van der Waals surface area contributed by atoms with E-state index in [0.717, 1.165) is 96.3 Å². The fourth-order valence-corrected chi connectivity index (χ4v) is 8.68. The Kier molecular flexibility index (Phi) is 56.8. The second kappa shape index (κ2) is 59.4. The van der Waals surface area contributed by atoms with E-state index in [1.165, 1.54) is 167 Å². The van der Waals surface area contributed by atoms with Crippen molar-refractivity contribution in [2.24, 2.45) is 0 Å². The molecule has 6 nitrogen and oxygen atoms in total. The van der Waals surface area contributed by atoms with Crippen LogP contribution in [0.15, 0.2) is 72.9 Å². The minimum Gasteiger partial charge on any atom is -0.462 e. The maximum atomic E-state index is 12.7. The van der Waals surface area contributed by atoms with E-state index in [9.17, 15) is 14.4 Å². The standard InChI is InChI=1S/C65H114O6/c1-4-7-10-13-16-18-20-22-23-24-25-26-27-28-29-30-31-32-33-34-35-36-37-38-39-40-41-42-43-44-46-47-49-52-55-58-64(67)70-61-62(60-69-63(66)57-54-51-15-12-9-6-3)71-65(68)59-56-53-50-48-45-21-19-17-14-11-8-5-2/h7,10,16,18,22-23,25-26,28-29,31-32,62H,4-6,8-9,11-15,17,19-21,24,27,30,33-61H2,1-3H3/b10-7-,18-16-,23-22-,26-25-,29-28-,32-31-. The molecule has 0 heterocycles. The first kappa shape index (κ1) is 67.8. The van der Waals surface area contributed by atoms with Crippen molar-refractivity contribution in [2.45, 2.75) is 309 Å². The molecule has 0 rings (SSSR count). The van der Waals surface area contributed by atoms with E-state index in [-0.39, 0.29) is 31.1 Å². The minimum atomic E-state index is -0.766. The molecule has 0 spiro atoms. The van der Waals surface area contributed by atoms with E-state index >= 15 is 0 Å². The largest absolute Gasteiger partial charge is 0.462 e. The molecule has 0 amide bonds. The summed E-state index contributed by atoms with van der Waals surface area (Å²) in [5, 5.41) is 0. The average Bonchev–Trinajstić information content (AvgIpc) is 3.37. The number of unbranched alkanes of at least 4 members (excludes halogenated alkanes) is 32. The second-order valence-corrected chi connectivity index (χ2v) is 20.2. The quantitative estimate of drug-likeness (QED) is 0.0261. The van der Waals surface area contributed by atoms with Crippen molar-refractivity contribution in [3.8, 4) is 0 Å². The number of rotatable bonds is 55. The molecule has 0 aliphatic heterocycles. The first-order chi connectivity index (χ1) is 35.0. The fourth-order valence-electron chi connectivity index (χ4n) is 8.68. The van der Waals surface area contributed by atoms with E-state index in [2.05, 4.69) is 93.7 Å². The lowest BCUT2D eigenvalue weighted by molar-refractivity contribution is -0.167. The van der Waals surface area contributed by atoms with Crippen LogP contribution < -0.4 is 0 Å². The Labute approximate surface area is 440 Å². The highest BCUT2D eigenvalue weighted by Gasteiger charge is 2.19. The van der Waals surface area contributed by atoms with Crippen molar-refractivity contribution in [2.75, 3.05) is 13.2 Å². The molecule has 0 saturated heterocycles. The summed E-state index contributed by atoms with van der Waals surface area (Å²) >= 11 is 0. The van der Waals surface area contributed by atoms with Crippen LogP contribution in [-0.4, -0.2) is 37.2 Å². The van der Waals surface area contributed by atoms with Gasteiger partial charge in [0, 0.05) is 19.3 Å². The SMILES string of the molecule is CC/C=C\C/C=C\C/C=C\C/C=C\C/C=C\C/C=C\CCCCCCCCCCCCCCCCCCC(=O)OCC(COC(=O)CCCCCCCC)OC(=O)CCCCCCCCCCCCCC. The first-order valence-electron chi connectivity index (χ1n) is 30.4. The number of carbonyl (C=O) groups excluding carboxylic acids is 3. The van der Waals surface area contributed by atoms with Gasteiger partial charge in [-0.1, -0.05) is 286 Å². The summed E-state index contributed by atoms with van der Waals surface area (Å²) in [6.45, 7) is 6.48. The molecular formula is C65H114O6. The van der Waals surface area contributed by atoms with Gasteiger partial charge < -0.3 is 14.2 Å². The Balaban J connectivity index is 3.92. The second-order valence-electron chi connectivity index (χ2n) is 20.2. The lowest BCUT2D eigenvalue weighted by Gasteiger charge is -2.18. The van der Waals surface area contributed by atoms with Crippen LogP contribution in [-0.2, 0) is 28.6 Å². The van der Waals surface area contributed by atoms with Gasteiger partial charge in [0.15, 0.2) is 6.10 Å². The van der Waals surface area contributed by atoms with Crippen LogP contribution >= 0.6 is 0 Å². The Morgan fingerprint density at radius 2 is 0.549 bits per heavy atom. The van der Waals surface area contributed by atoms with Crippen molar-refractivity contribution < 1.29 is 28.6 Å². The van der Waals surface area contributed by atoms with Crippen molar-refractivity contribution in [3.63, 3.8) is 0 Å². The summed E-state index contributed by atoms with van der Waals surface area (Å²) in [6, 6.07) is 0. The summed E-state index contributed by atoms with van der Waals surface area (Å²) < 4.78 is 16.7. The number of carbonyl (C=O) groups is 3. The minimum absolute atomic E-state index is 0.0698. The molecule has 410 valence electrons. The van der Waals surface area contributed by atoms with Gasteiger partial charge in [0.2, 0.25) is 0 Å². The molecule has 0 aromatic rings.